The topological polar surface area (TPSA) is 51.8 Å². The normalized spacial score (nSPS) is 18.1. The number of nitrogen functional groups attached to an aromatic ring is 1. The highest BCUT2D eigenvalue weighted by Crippen LogP contribution is 2.36. The van der Waals surface area contributed by atoms with E-state index < -0.39 is 0 Å². The fraction of sp³-hybridized carbons (Fsp3) is 0.286. The van der Waals surface area contributed by atoms with Gasteiger partial charge in [0.1, 0.15) is 0 Å². The monoisotopic (exact) mass is 225 g/mol. The van der Waals surface area contributed by atoms with Gasteiger partial charge in [-0.1, -0.05) is 6.07 Å². The summed E-state index contributed by atoms with van der Waals surface area (Å²) >= 11 is 0. The van der Waals surface area contributed by atoms with Crippen molar-refractivity contribution in [1.29, 1.82) is 0 Å². The van der Waals surface area contributed by atoms with Crippen LogP contribution in [0.2, 0.25) is 0 Å². The van der Waals surface area contributed by atoms with E-state index in [1.54, 1.807) is 6.20 Å². The molecule has 0 spiro atoms. The summed E-state index contributed by atoms with van der Waals surface area (Å²) in [4.78, 5) is 9.00. The molecule has 3 rings (SSSR count). The SMILES string of the molecule is Cc1cc(N)cnc1C1CCc2cccnc21. The molecule has 2 aromatic heterocycles. The number of nitrogens with two attached hydrogens (primary N) is 1. The van der Waals surface area contributed by atoms with Gasteiger partial charge in [-0.05, 0) is 43.0 Å². The van der Waals surface area contributed by atoms with Crippen LogP contribution in [0, 0.1) is 6.92 Å². The third kappa shape index (κ3) is 1.68. The molecule has 86 valence electrons. The Balaban J connectivity index is 2.07. The maximum atomic E-state index is 5.74. The van der Waals surface area contributed by atoms with Crippen LogP contribution in [0.1, 0.15) is 34.9 Å². The van der Waals surface area contributed by atoms with E-state index in [9.17, 15) is 0 Å². The molecule has 1 atom stereocenters. The maximum absolute atomic E-state index is 5.74. The Morgan fingerprint density at radius 2 is 2.18 bits per heavy atom. The zero-order valence-electron chi connectivity index (χ0n) is 9.85. The zero-order valence-corrected chi connectivity index (χ0v) is 9.85. The molecule has 3 heteroatoms. The van der Waals surface area contributed by atoms with Crippen LogP contribution in [0.25, 0.3) is 0 Å². The van der Waals surface area contributed by atoms with Gasteiger partial charge in [-0.2, -0.15) is 0 Å². The van der Waals surface area contributed by atoms with Crippen molar-refractivity contribution in [2.45, 2.75) is 25.7 Å². The average molecular weight is 225 g/mol. The quantitative estimate of drug-likeness (QED) is 0.811. The number of rotatable bonds is 1. The maximum Gasteiger partial charge on any atom is 0.0526 e. The van der Waals surface area contributed by atoms with Crippen LogP contribution in [0.4, 0.5) is 5.69 Å². The van der Waals surface area contributed by atoms with Crippen molar-refractivity contribution in [2.24, 2.45) is 0 Å². The van der Waals surface area contributed by atoms with E-state index in [-0.39, 0.29) is 0 Å². The van der Waals surface area contributed by atoms with Crippen LogP contribution in [-0.4, -0.2) is 9.97 Å². The number of anilines is 1. The zero-order chi connectivity index (χ0) is 11.8. The number of fused-ring (bicyclic) bond motifs is 1. The summed E-state index contributed by atoms with van der Waals surface area (Å²) in [6.45, 7) is 2.07. The first-order valence-electron chi connectivity index (χ1n) is 5.91. The Labute approximate surface area is 101 Å². The van der Waals surface area contributed by atoms with E-state index >= 15 is 0 Å². The largest absolute Gasteiger partial charge is 0.397 e. The van der Waals surface area contributed by atoms with E-state index in [1.165, 1.54) is 11.3 Å². The fourth-order valence-electron chi connectivity index (χ4n) is 2.65. The summed E-state index contributed by atoms with van der Waals surface area (Å²) in [7, 11) is 0. The minimum Gasteiger partial charge on any atom is -0.397 e. The first kappa shape index (κ1) is 10.3. The molecular weight excluding hydrogens is 210 g/mol. The second-order valence-corrected chi connectivity index (χ2v) is 4.61. The van der Waals surface area contributed by atoms with Gasteiger partial charge in [-0.25, -0.2) is 0 Å². The van der Waals surface area contributed by atoms with Crippen molar-refractivity contribution < 1.29 is 0 Å². The van der Waals surface area contributed by atoms with Crippen molar-refractivity contribution in [3.05, 3.63) is 53.1 Å². The van der Waals surface area contributed by atoms with Gasteiger partial charge < -0.3 is 5.73 Å². The summed E-state index contributed by atoms with van der Waals surface area (Å²) in [5, 5.41) is 0. The Kier molecular flexibility index (Phi) is 2.32. The highest BCUT2D eigenvalue weighted by molar-refractivity contribution is 5.44. The number of aromatic nitrogens is 2. The van der Waals surface area contributed by atoms with E-state index in [0.717, 1.165) is 29.8 Å². The Morgan fingerprint density at radius 3 is 3.00 bits per heavy atom. The van der Waals surface area contributed by atoms with Gasteiger partial charge in [0.05, 0.1) is 23.3 Å². The van der Waals surface area contributed by atoms with E-state index in [2.05, 4.69) is 23.0 Å². The molecule has 1 aliphatic carbocycles. The van der Waals surface area contributed by atoms with Crippen LogP contribution in [0.15, 0.2) is 30.6 Å². The van der Waals surface area contributed by atoms with Crippen molar-refractivity contribution in [1.82, 2.24) is 9.97 Å². The van der Waals surface area contributed by atoms with Crippen LogP contribution in [0.5, 0.6) is 0 Å². The molecule has 0 saturated carbocycles. The van der Waals surface area contributed by atoms with Crippen LogP contribution >= 0.6 is 0 Å². The highest BCUT2D eigenvalue weighted by Gasteiger charge is 2.27. The molecule has 2 N–H and O–H groups in total. The highest BCUT2D eigenvalue weighted by atomic mass is 14.8. The predicted molar refractivity (Wildman–Crippen MR) is 67.8 cm³/mol. The number of hydrogen-bond donors (Lipinski definition) is 1. The molecule has 0 radical (unpaired) electrons. The van der Waals surface area contributed by atoms with Crippen LogP contribution in [-0.2, 0) is 6.42 Å². The third-order valence-corrected chi connectivity index (χ3v) is 3.43. The molecule has 0 amide bonds. The van der Waals surface area contributed by atoms with Crippen molar-refractivity contribution in [3.8, 4) is 0 Å². The smallest absolute Gasteiger partial charge is 0.0526 e. The van der Waals surface area contributed by atoms with Gasteiger partial charge in [-0.15, -0.1) is 0 Å². The van der Waals surface area contributed by atoms with Gasteiger partial charge in [0.2, 0.25) is 0 Å². The molecule has 0 bridgehead atoms. The Hall–Kier alpha value is -1.90. The van der Waals surface area contributed by atoms with Gasteiger partial charge >= 0.3 is 0 Å². The molecule has 2 heterocycles. The van der Waals surface area contributed by atoms with Crippen LogP contribution < -0.4 is 5.73 Å². The molecular formula is C14H15N3. The van der Waals surface area contributed by atoms with Crippen molar-refractivity contribution >= 4 is 5.69 Å². The fourth-order valence-corrected chi connectivity index (χ4v) is 2.65. The van der Waals surface area contributed by atoms with Crippen molar-refractivity contribution in [3.63, 3.8) is 0 Å². The van der Waals surface area contributed by atoms with E-state index in [1.807, 2.05) is 18.3 Å². The molecule has 0 saturated heterocycles. The Bertz CT molecular complexity index is 563. The first-order valence-corrected chi connectivity index (χ1v) is 5.91. The number of hydrogen-bond acceptors (Lipinski definition) is 3. The average Bonchev–Trinajstić information content (AvgIpc) is 2.73. The minimum atomic E-state index is 0.340. The second-order valence-electron chi connectivity index (χ2n) is 4.61. The van der Waals surface area contributed by atoms with Gasteiger partial charge in [-0.3, -0.25) is 9.97 Å². The second kappa shape index (κ2) is 3.84. The summed E-state index contributed by atoms with van der Waals surface area (Å²) in [6, 6.07) is 6.16. The van der Waals surface area contributed by atoms with E-state index in [0.29, 0.717) is 5.92 Å². The summed E-state index contributed by atoms with van der Waals surface area (Å²) in [6.07, 6.45) is 5.80. The lowest BCUT2D eigenvalue weighted by atomic mass is 9.98. The molecule has 1 unspecified atom stereocenters. The summed E-state index contributed by atoms with van der Waals surface area (Å²) in [5.74, 6) is 0.340. The lowest BCUT2D eigenvalue weighted by Crippen LogP contribution is -2.04. The number of pyridine rings is 2. The summed E-state index contributed by atoms with van der Waals surface area (Å²) in [5.41, 5.74) is 11.3. The lowest BCUT2D eigenvalue weighted by Gasteiger charge is -2.13. The first-order chi connectivity index (χ1) is 8.25. The van der Waals surface area contributed by atoms with Crippen molar-refractivity contribution in [2.75, 3.05) is 5.73 Å². The summed E-state index contributed by atoms with van der Waals surface area (Å²) < 4.78 is 0. The molecule has 17 heavy (non-hydrogen) atoms. The molecule has 2 aromatic rings. The Morgan fingerprint density at radius 1 is 1.29 bits per heavy atom. The number of nitrogens with zero attached hydrogens (tertiary/aromatic N) is 2. The van der Waals surface area contributed by atoms with Crippen LogP contribution in [0.3, 0.4) is 0 Å². The molecule has 0 fully saturated rings. The number of aryl methyl sites for hydroxylation is 2. The standard InChI is InChI=1S/C14H15N3/c1-9-7-11(15)8-17-13(9)12-5-4-10-3-2-6-16-14(10)12/h2-3,6-8,12H,4-5,15H2,1H3. The molecule has 1 aliphatic rings. The van der Waals surface area contributed by atoms with Gasteiger partial charge in [0.15, 0.2) is 0 Å². The third-order valence-electron chi connectivity index (χ3n) is 3.43. The molecule has 0 aromatic carbocycles. The minimum absolute atomic E-state index is 0.340. The van der Waals surface area contributed by atoms with E-state index in [4.69, 9.17) is 5.73 Å². The molecule has 3 nitrogen and oxygen atoms in total. The lowest BCUT2D eigenvalue weighted by molar-refractivity contribution is 0.740. The van der Waals surface area contributed by atoms with Gasteiger partial charge in [0, 0.05) is 12.1 Å². The molecule has 0 aliphatic heterocycles. The van der Waals surface area contributed by atoms with Gasteiger partial charge in [0.25, 0.3) is 0 Å². The predicted octanol–water partition coefficient (Wildman–Crippen LogP) is 2.45.